The number of halogens is 6. The lowest BCUT2D eigenvalue weighted by Crippen LogP contribution is -2.45. The number of carbonyl (C=O) groups excluding carboxylic acids is 1. The number of carbonyl (C=O) groups is 1. The molecule has 0 aromatic heterocycles. The molecule has 44 heavy (non-hydrogen) atoms. The Balaban J connectivity index is 1.78. The normalized spacial score (nSPS) is 20.1. The Labute approximate surface area is 255 Å². The number of hydrazine groups is 3. The maximum absolute atomic E-state index is 13.6. The number of rotatable bonds is 9. The van der Waals surface area contributed by atoms with Crippen molar-refractivity contribution in [3.05, 3.63) is 58.7 Å². The summed E-state index contributed by atoms with van der Waals surface area (Å²) in [5, 5.41) is 3.03. The molecular formula is C28H34F6N6O3S. The van der Waals surface area contributed by atoms with Crippen molar-refractivity contribution >= 4 is 29.5 Å². The largest absolute Gasteiger partial charge is 0.497 e. The van der Waals surface area contributed by atoms with E-state index in [9.17, 15) is 31.1 Å². The summed E-state index contributed by atoms with van der Waals surface area (Å²) in [5.74, 6) is 1.31. The van der Waals surface area contributed by atoms with Gasteiger partial charge in [0.2, 0.25) is 5.96 Å². The fraction of sp³-hybridized carbons (Fsp3) is 0.500. The number of methoxy groups -OCH3 is 1. The number of fused-ring (bicyclic) bond motifs is 1. The van der Waals surface area contributed by atoms with E-state index >= 15 is 0 Å². The Morgan fingerprint density at radius 2 is 1.75 bits per heavy atom. The van der Waals surface area contributed by atoms with Crippen LogP contribution >= 0.6 is 11.8 Å². The quantitative estimate of drug-likeness (QED) is 0.304. The van der Waals surface area contributed by atoms with Crippen molar-refractivity contribution in [2.24, 2.45) is 4.99 Å². The van der Waals surface area contributed by atoms with Gasteiger partial charge in [-0.2, -0.15) is 38.1 Å². The molecule has 2 aliphatic heterocycles. The minimum absolute atomic E-state index is 0.108. The number of alkyl halides is 6. The first kappa shape index (κ1) is 33.5. The minimum Gasteiger partial charge on any atom is -0.497 e. The molecule has 0 radical (unpaired) electrons. The van der Waals surface area contributed by atoms with Crippen LogP contribution in [0.25, 0.3) is 0 Å². The molecule has 2 atom stereocenters. The van der Waals surface area contributed by atoms with Gasteiger partial charge in [0.25, 0.3) is 0 Å². The van der Waals surface area contributed by atoms with Crippen molar-refractivity contribution in [1.82, 2.24) is 21.1 Å². The second-order valence-electron chi connectivity index (χ2n) is 10.1. The molecular weight excluding hydrogens is 614 g/mol. The van der Waals surface area contributed by atoms with Gasteiger partial charge in [-0.15, -0.1) is 10.7 Å². The molecule has 1 amide bonds. The molecule has 2 N–H and O–H groups in total. The lowest BCUT2D eigenvalue weighted by Gasteiger charge is -2.39. The maximum atomic E-state index is 13.6. The molecule has 0 saturated carbocycles. The molecule has 9 nitrogen and oxygen atoms in total. The molecule has 0 aliphatic carbocycles. The van der Waals surface area contributed by atoms with E-state index in [4.69, 9.17) is 14.5 Å². The number of nitrogens with one attached hydrogen (secondary N) is 2. The van der Waals surface area contributed by atoms with Crippen molar-refractivity contribution < 1.29 is 40.6 Å². The van der Waals surface area contributed by atoms with Crippen LogP contribution in [0.2, 0.25) is 0 Å². The van der Waals surface area contributed by atoms with Gasteiger partial charge in [-0.05, 0) is 68.0 Å². The smallest absolute Gasteiger partial charge is 0.416 e. The lowest BCUT2D eigenvalue weighted by atomic mass is 9.90. The molecule has 0 spiro atoms. The number of aliphatic imine (C=N–C) groups is 1. The summed E-state index contributed by atoms with van der Waals surface area (Å²) >= 11 is 1.51. The number of benzene rings is 2. The van der Waals surface area contributed by atoms with Crippen molar-refractivity contribution in [1.29, 1.82) is 0 Å². The van der Waals surface area contributed by atoms with Gasteiger partial charge >= 0.3 is 18.4 Å². The van der Waals surface area contributed by atoms with Gasteiger partial charge < -0.3 is 9.47 Å². The van der Waals surface area contributed by atoms with Crippen molar-refractivity contribution in [2.45, 2.75) is 57.7 Å². The number of hydrogen-bond acceptors (Lipinski definition) is 7. The van der Waals surface area contributed by atoms with E-state index in [-0.39, 0.29) is 36.8 Å². The molecule has 2 aromatic carbocycles. The lowest BCUT2D eigenvalue weighted by molar-refractivity contribution is -0.143. The summed E-state index contributed by atoms with van der Waals surface area (Å²) in [6.07, 6.45) is -7.63. The molecule has 2 aliphatic rings. The van der Waals surface area contributed by atoms with Gasteiger partial charge in [0.1, 0.15) is 5.75 Å². The van der Waals surface area contributed by atoms with Gasteiger partial charge in [-0.25, -0.2) is 9.79 Å². The molecule has 1 fully saturated rings. The number of amides is 1. The molecule has 2 heterocycles. The second kappa shape index (κ2) is 13.7. The minimum atomic E-state index is -4.97. The summed E-state index contributed by atoms with van der Waals surface area (Å²) in [4.78, 5) is 19.5. The molecule has 2 aromatic rings. The summed E-state index contributed by atoms with van der Waals surface area (Å²) in [6, 6.07) is 5.90. The Kier molecular flexibility index (Phi) is 10.5. The number of anilines is 1. The van der Waals surface area contributed by atoms with E-state index < -0.39 is 35.6 Å². The predicted octanol–water partition coefficient (Wildman–Crippen LogP) is 6.38. The van der Waals surface area contributed by atoms with Crippen LogP contribution in [-0.4, -0.2) is 60.5 Å². The summed E-state index contributed by atoms with van der Waals surface area (Å²) < 4.78 is 92.3. The number of nitrogens with zero attached hydrogens (tertiary/aromatic N) is 4. The number of hydrogen-bond donors (Lipinski definition) is 2. The van der Waals surface area contributed by atoms with E-state index in [1.807, 2.05) is 13.2 Å². The van der Waals surface area contributed by atoms with Crippen molar-refractivity contribution in [3.63, 3.8) is 0 Å². The van der Waals surface area contributed by atoms with Crippen LogP contribution in [0.5, 0.6) is 5.75 Å². The number of thioether (sulfide) groups is 1. The zero-order valence-electron chi connectivity index (χ0n) is 24.6. The van der Waals surface area contributed by atoms with E-state index in [1.54, 1.807) is 35.1 Å². The first-order valence-corrected chi connectivity index (χ1v) is 15.3. The van der Waals surface area contributed by atoms with Crippen LogP contribution in [0.3, 0.4) is 0 Å². The highest BCUT2D eigenvalue weighted by atomic mass is 32.2. The maximum Gasteiger partial charge on any atom is 0.416 e. The average Bonchev–Trinajstić information content (AvgIpc) is 3.34. The van der Waals surface area contributed by atoms with E-state index in [0.717, 1.165) is 0 Å². The van der Waals surface area contributed by atoms with Crippen LogP contribution < -0.4 is 20.6 Å². The topological polar surface area (TPSA) is 81.7 Å². The van der Waals surface area contributed by atoms with Gasteiger partial charge in [0.15, 0.2) is 0 Å². The standard InChI is InChI=1S/C28H34F6N6O3S/c1-5-20-14-23(22-15-21(42-3)7-8-24(22)40(20)26(41)43-6-2)35-25-36-37-39(9-10-44-4)38(25)16-17-11-18(27(29,30)31)13-19(12-17)28(32,33)34/h7-8,11-13,15,20,23,37H,5-6,9-10,14,16H2,1-4H3,(H,35,36)/t20-,23+/m1/s1. The SMILES string of the molecule is CCOC(=O)N1c2ccc(OC)cc2[C@@H](N=C2NNN(CCSC)N2Cc2cc(C(F)(F)F)cc(C(F)(F)F)c2)C[C@H]1CC. The molecule has 16 heteroatoms. The highest BCUT2D eigenvalue weighted by Crippen LogP contribution is 2.43. The van der Waals surface area contributed by atoms with Crippen LogP contribution in [0.15, 0.2) is 41.4 Å². The third-order valence-electron chi connectivity index (χ3n) is 7.25. The average molecular weight is 649 g/mol. The van der Waals surface area contributed by atoms with Gasteiger partial charge in [0.05, 0.1) is 43.1 Å². The molecule has 0 bridgehead atoms. The van der Waals surface area contributed by atoms with Crippen LogP contribution in [-0.2, 0) is 23.6 Å². The fourth-order valence-electron chi connectivity index (χ4n) is 5.14. The highest BCUT2D eigenvalue weighted by Gasteiger charge is 2.40. The summed E-state index contributed by atoms with van der Waals surface area (Å²) in [5.41, 5.74) is 4.08. The van der Waals surface area contributed by atoms with Gasteiger partial charge in [0, 0.05) is 23.9 Å². The monoisotopic (exact) mass is 648 g/mol. The molecule has 1 saturated heterocycles. The van der Waals surface area contributed by atoms with Crippen LogP contribution in [0.1, 0.15) is 55.0 Å². The Morgan fingerprint density at radius 1 is 1.07 bits per heavy atom. The third kappa shape index (κ3) is 7.46. The van der Waals surface area contributed by atoms with E-state index in [1.165, 1.54) is 23.9 Å². The molecule has 0 unspecified atom stereocenters. The molecule has 4 rings (SSSR count). The fourth-order valence-corrected chi connectivity index (χ4v) is 5.50. The summed E-state index contributed by atoms with van der Waals surface area (Å²) in [6.45, 7) is 3.84. The Morgan fingerprint density at radius 3 is 2.32 bits per heavy atom. The zero-order valence-corrected chi connectivity index (χ0v) is 25.4. The van der Waals surface area contributed by atoms with Crippen molar-refractivity contribution in [2.75, 3.05) is 37.2 Å². The second-order valence-corrected chi connectivity index (χ2v) is 11.1. The summed E-state index contributed by atoms with van der Waals surface area (Å²) in [7, 11) is 1.50. The van der Waals surface area contributed by atoms with E-state index in [0.29, 0.717) is 54.3 Å². The Hall–Kier alpha value is -3.37. The highest BCUT2D eigenvalue weighted by molar-refractivity contribution is 7.98. The zero-order chi connectivity index (χ0) is 32.2. The first-order valence-electron chi connectivity index (χ1n) is 13.9. The van der Waals surface area contributed by atoms with Crippen LogP contribution in [0, 0.1) is 0 Å². The first-order chi connectivity index (χ1) is 20.8. The number of ether oxygens (including phenoxy) is 2. The van der Waals surface area contributed by atoms with E-state index in [2.05, 4.69) is 11.0 Å². The number of guanidine groups is 1. The van der Waals surface area contributed by atoms with Crippen LogP contribution in [0.4, 0.5) is 36.8 Å². The third-order valence-corrected chi connectivity index (χ3v) is 7.84. The van der Waals surface area contributed by atoms with Crippen molar-refractivity contribution in [3.8, 4) is 5.75 Å². The molecule has 242 valence electrons. The Bertz CT molecular complexity index is 1330. The predicted molar refractivity (Wildman–Crippen MR) is 155 cm³/mol. The van der Waals surface area contributed by atoms with Gasteiger partial charge in [-0.3, -0.25) is 15.3 Å². The van der Waals surface area contributed by atoms with Gasteiger partial charge in [-0.1, -0.05) is 6.92 Å².